The van der Waals surface area contributed by atoms with Gasteiger partial charge >= 0.3 is 12.3 Å². The molecule has 9 heteroatoms. The van der Waals surface area contributed by atoms with Crippen molar-refractivity contribution in [2.75, 3.05) is 17.2 Å². The van der Waals surface area contributed by atoms with Crippen LogP contribution in [0.1, 0.15) is 6.92 Å². The van der Waals surface area contributed by atoms with E-state index >= 15 is 0 Å². The van der Waals surface area contributed by atoms with Crippen LogP contribution in [0.4, 0.5) is 29.5 Å². The molecule has 0 spiro atoms. The fraction of sp³-hybridized carbons (Fsp3) is 0.300. The standard InChI is InChI=1S/C10H10F3N3O3/c1-6(17)15-8-3-2-7(4-14-8)16-9(18)19-5-10(11,12)13/h2-4H,5H2,1H3,(H,16,18)(H,14,15,17). The first-order valence-electron chi connectivity index (χ1n) is 5.00. The predicted octanol–water partition coefficient (Wildman–Crippen LogP) is 2.15. The van der Waals surface area contributed by atoms with E-state index in [1.807, 2.05) is 0 Å². The molecule has 2 amide bonds. The Labute approximate surface area is 106 Å². The molecule has 2 N–H and O–H groups in total. The van der Waals surface area contributed by atoms with E-state index in [2.05, 4.69) is 20.4 Å². The van der Waals surface area contributed by atoms with Crippen LogP contribution in [0.5, 0.6) is 0 Å². The van der Waals surface area contributed by atoms with Gasteiger partial charge in [-0.15, -0.1) is 0 Å². The van der Waals surface area contributed by atoms with Crippen molar-refractivity contribution in [2.45, 2.75) is 13.1 Å². The van der Waals surface area contributed by atoms with Crippen molar-refractivity contribution in [2.24, 2.45) is 0 Å². The predicted molar refractivity (Wildman–Crippen MR) is 59.6 cm³/mol. The van der Waals surface area contributed by atoms with Crippen molar-refractivity contribution in [3.05, 3.63) is 18.3 Å². The molecule has 0 saturated heterocycles. The molecule has 0 atom stereocenters. The molecule has 104 valence electrons. The maximum Gasteiger partial charge on any atom is 0.422 e. The van der Waals surface area contributed by atoms with Crippen molar-refractivity contribution in [3.63, 3.8) is 0 Å². The highest BCUT2D eigenvalue weighted by Gasteiger charge is 2.29. The summed E-state index contributed by atoms with van der Waals surface area (Å²) in [6.07, 6.45) is -4.66. The SMILES string of the molecule is CC(=O)Nc1ccc(NC(=O)OCC(F)(F)F)cn1. The van der Waals surface area contributed by atoms with E-state index in [1.54, 1.807) is 0 Å². The highest BCUT2D eigenvalue weighted by molar-refractivity contribution is 5.88. The lowest BCUT2D eigenvalue weighted by molar-refractivity contribution is -0.159. The average Bonchev–Trinajstić information content (AvgIpc) is 2.28. The molecule has 0 aliphatic carbocycles. The number of halogens is 3. The molecule has 0 aliphatic heterocycles. The Morgan fingerprint density at radius 2 is 2.00 bits per heavy atom. The number of nitrogens with zero attached hydrogens (tertiary/aromatic N) is 1. The molecule has 0 fully saturated rings. The summed E-state index contributed by atoms with van der Waals surface area (Å²) in [7, 11) is 0. The van der Waals surface area contributed by atoms with Crippen LogP contribution in [0.3, 0.4) is 0 Å². The molecule has 0 bridgehead atoms. The fourth-order valence-corrected chi connectivity index (χ4v) is 1.02. The highest BCUT2D eigenvalue weighted by Crippen LogP contribution is 2.15. The van der Waals surface area contributed by atoms with Crippen LogP contribution < -0.4 is 10.6 Å². The lowest BCUT2D eigenvalue weighted by atomic mass is 10.4. The molecule has 0 saturated carbocycles. The van der Waals surface area contributed by atoms with Gasteiger partial charge < -0.3 is 10.1 Å². The second-order valence-electron chi connectivity index (χ2n) is 3.43. The Bertz CT molecular complexity index is 459. The van der Waals surface area contributed by atoms with E-state index in [1.165, 1.54) is 25.3 Å². The minimum absolute atomic E-state index is 0.140. The van der Waals surface area contributed by atoms with Crippen molar-refractivity contribution in [1.29, 1.82) is 0 Å². The Balaban J connectivity index is 2.49. The minimum Gasteiger partial charge on any atom is -0.440 e. The van der Waals surface area contributed by atoms with E-state index < -0.39 is 18.9 Å². The number of hydrogen-bond acceptors (Lipinski definition) is 4. The number of aromatic nitrogens is 1. The number of carbonyl (C=O) groups is 2. The van der Waals surface area contributed by atoms with Crippen LogP contribution in [-0.2, 0) is 9.53 Å². The molecule has 1 rings (SSSR count). The number of rotatable bonds is 3. The summed E-state index contributed by atoms with van der Waals surface area (Å²) in [5.41, 5.74) is 0.140. The molecule has 0 radical (unpaired) electrons. The Hall–Kier alpha value is -2.32. The second-order valence-corrected chi connectivity index (χ2v) is 3.43. The normalized spacial score (nSPS) is 10.7. The average molecular weight is 277 g/mol. The third kappa shape index (κ3) is 6.24. The van der Waals surface area contributed by atoms with Crippen LogP contribution in [-0.4, -0.2) is 29.8 Å². The summed E-state index contributed by atoms with van der Waals surface area (Å²) in [6, 6.07) is 2.73. The van der Waals surface area contributed by atoms with E-state index in [0.717, 1.165) is 0 Å². The first-order chi connectivity index (χ1) is 8.76. The van der Waals surface area contributed by atoms with Crippen molar-refractivity contribution < 1.29 is 27.5 Å². The molecule has 6 nitrogen and oxygen atoms in total. The fourth-order valence-electron chi connectivity index (χ4n) is 1.02. The quantitative estimate of drug-likeness (QED) is 0.887. The van der Waals surface area contributed by atoms with Crippen LogP contribution in [0.15, 0.2) is 18.3 Å². The van der Waals surface area contributed by atoms with Crippen molar-refractivity contribution in [3.8, 4) is 0 Å². The van der Waals surface area contributed by atoms with Crippen LogP contribution in [0, 0.1) is 0 Å². The lowest BCUT2D eigenvalue weighted by Gasteiger charge is -2.09. The number of nitrogens with one attached hydrogen (secondary N) is 2. The minimum atomic E-state index is -4.58. The number of ether oxygens (including phenoxy) is 1. The summed E-state index contributed by atoms with van der Waals surface area (Å²) < 4.78 is 39.2. The van der Waals surface area contributed by atoms with Gasteiger partial charge in [-0.1, -0.05) is 0 Å². The van der Waals surface area contributed by atoms with E-state index in [4.69, 9.17) is 0 Å². The zero-order valence-corrected chi connectivity index (χ0v) is 9.75. The summed E-state index contributed by atoms with van der Waals surface area (Å²) in [4.78, 5) is 25.5. The molecule has 1 aromatic rings. The summed E-state index contributed by atoms with van der Waals surface area (Å²) in [5, 5.41) is 4.45. The van der Waals surface area contributed by atoms with Crippen LogP contribution >= 0.6 is 0 Å². The van der Waals surface area contributed by atoms with Gasteiger partial charge in [-0.25, -0.2) is 9.78 Å². The summed E-state index contributed by atoms with van der Waals surface area (Å²) >= 11 is 0. The van der Waals surface area contributed by atoms with Crippen molar-refractivity contribution >= 4 is 23.5 Å². The zero-order chi connectivity index (χ0) is 14.5. The second kappa shape index (κ2) is 6.03. The van der Waals surface area contributed by atoms with Gasteiger partial charge in [0.25, 0.3) is 0 Å². The van der Waals surface area contributed by atoms with Crippen LogP contribution in [0.2, 0.25) is 0 Å². The summed E-state index contributed by atoms with van der Waals surface area (Å²) in [6.45, 7) is -0.376. The molecular weight excluding hydrogens is 267 g/mol. The number of amides is 2. The third-order valence-corrected chi connectivity index (χ3v) is 1.68. The Morgan fingerprint density at radius 1 is 1.32 bits per heavy atom. The Kier molecular flexibility index (Phi) is 4.67. The molecular formula is C10H10F3N3O3. The van der Waals surface area contributed by atoms with Crippen molar-refractivity contribution in [1.82, 2.24) is 4.98 Å². The first kappa shape index (κ1) is 14.7. The van der Waals surface area contributed by atoms with Gasteiger partial charge in [0.1, 0.15) is 5.82 Å². The maximum atomic E-state index is 11.8. The molecule has 1 heterocycles. The van der Waals surface area contributed by atoms with Gasteiger partial charge in [-0.2, -0.15) is 13.2 Å². The maximum absolute atomic E-state index is 11.8. The topological polar surface area (TPSA) is 80.3 Å². The van der Waals surface area contributed by atoms with Gasteiger partial charge in [-0.3, -0.25) is 10.1 Å². The number of carbonyl (C=O) groups excluding carboxylic acids is 2. The molecule has 1 aromatic heterocycles. The van der Waals surface area contributed by atoms with E-state index in [0.29, 0.717) is 0 Å². The third-order valence-electron chi connectivity index (χ3n) is 1.68. The zero-order valence-electron chi connectivity index (χ0n) is 9.75. The smallest absolute Gasteiger partial charge is 0.422 e. The first-order valence-corrected chi connectivity index (χ1v) is 5.00. The number of pyridine rings is 1. The largest absolute Gasteiger partial charge is 0.440 e. The number of alkyl halides is 3. The van der Waals surface area contributed by atoms with Gasteiger partial charge in [0.05, 0.1) is 11.9 Å². The number of anilines is 2. The number of hydrogen-bond donors (Lipinski definition) is 2. The van der Waals surface area contributed by atoms with E-state index in [-0.39, 0.29) is 17.4 Å². The van der Waals surface area contributed by atoms with Gasteiger partial charge in [-0.05, 0) is 12.1 Å². The van der Waals surface area contributed by atoms with E-state index in [9.17, 15) is 22.8 Å². The van der Waals surface area contributed by atoms with Gasteiger partial charge in [0.2, 0.25) is 5.91 Å². The monoisotopic (exact) mass is 277 g/mol. The lowest BCUT2D eigenvalue weighted by Crippen LogP contribution is -2.23. The Morgan fingerprint density at radius 3 is 2.47 bits per heavy atom. The summed E-state index contributed by atoms with van der Waals surface area (Å²) in [5.74, 6) is -0.0699. The molecule has 19 heavy (non-hydrogen) atoms. The molecule has 0 aliphatic rings. The molecule has 0 aromatic carbocycles. The van der Waals surface area contributed by atoms with Gasteiger partial charge in [0, 0.05) is 6.92 Å². The van der Waals surface area contributed by atoms with Crippen LogP contribution in [0.25, 0.3) is 0 Å². The molecule has 0 unspecified atom stereocenters. The van der Waals surface area contributed by atoms with Gasteiger partial charge in [0.15, 0.2) is 6.61 Å². The highest BCUT2D eigenvalue weighted by atomic mass is 19.4.